The van der Waals surface area contributed by atoms with Gasteiger partial charge in [-0.15, -0.1) is 0 Å². The number of hydrogen-bond donors (Lipinski definition) is 4. The molecule has 1 saturated heterocycles. The molecule has 0 spiro atoms. The number of rotatable bonds is 2. The minimum atomic E-state index is -5.01. The van der Waals surface area contributed by atoms with Crippen molar-refractivity contribution < 1.29 is 31.8 Å². The lowest BCUT2D eigenvalue weighted by Gasteiger charge is -2.46. The third kappa shape index (κ3) is 5.44. The lowest BCUT2D eigenvalue weighted by molar-refractivity contribution is -0.137. The summed E-state index contributed by atoms with van der Waals surface area (Å²) in [6.45, 7) is 5.98. The van der Waals surface area contributed by atoms with Crippen LogP contribution in [0, 0.1) is 18.6 Å². The van der Waals surface area contributed by atoms with Crippen LogP contribution < -0.4 is 26.1 Å². The number of benzene rings is 1. The lowest BCUT2D eigenvalue weighted by atomic mass is 9.92. The lowest BCUT2D eigenvalue weighted by Crippen LogP contribution is -2.60. The van der Waals surface area contributed by atoms with Gasteiger partial charge in [0.2, 0.25) is 5.88 Å². The molecule has 1 aromatic heterocycles. The smallest absolute Gasteiger partial charge is 0.417 e. The molecule has 0 bridgehead atoms. The number of aromatic nitrogens is 1. The number of nitrogen functional groups attached to an aromatic ring is 1. The van der Waals surface area contributed by atoms with Crippen LogP contribution in [0.4, 0.5) is 33.3 Å². The minimum Gasteiger partial charge on any atom is -0.473 e. The van der Waals surface area contributed by atoms with E-state index in [2.05, 4.69) is 15.7 Å². The van der Waals surface area contributed by atoms with Crippen LogP contribution in [-0.2, 0) is 12.7 Å². The summed E-state index contributed by atoms with van der Waals surface area (Å²) in [5.74, 6) is -2.31. The van der Waals surface area contributed by atoms with Crippen LogP contribution in [0.25, 0.3) is 11.3 Å². The molecule has 1 unspecified atom stereocenters. The van der Waals surface area contributed by atoms with Crippen LogP contribution in [0.5, 0.6) is 5.88 Å². The number of nitrogens with two attached hydrogens (primary N) is 1. The SMILES string of the molecule is Cc1c(F)c(N)cc(-c2nc3c(c(N4CC(C)(O)C4)c2F)CNCCNN(C)CC(C)O3)c1C(F)(F)F. The standard InChI is InChI=1S/C24H31F5N6O2/c1-12-9-34(4)32-6-5-31-8-15-21(35-10-23(3,36)11-35)19(26)20(33-22(15)37-12)14-7-16(30)18(25)13(2)17(14)24(27,28)29/h7,12,31-32,36H,5-6,8-11,30H2,1-4H3. The Morgan fingerprint density at radius 3 is 2.51 bits per heavy atom. The van der Waals surface area contributed by atoms with Crippen molar-refractivity contribution in [1.82, 2.24) is 20.7 Å². The van der Waals surface area contributed by atoms with Gasteiger partial charge in [-0.25, -0.2) is 18.8 Å². The fraction of sp³-hybridized carbons (Fsp3) is 0.542. The Kier molecular flexibility index (Phi) is 7.27. The molecule has 37 heavy (non-hydrogen) atoms. The predicted octanol–water partition coefficient (Wildman–Crippen LogP) is 2.81. The topological polar surface area (TPSA) is 98.9 Å². The van der Waals surface area contributed by atoms with Gasteiger partial charge in [0.25, 0.3) is 0 Å². The van der Waals surface area contributed by atoms with Crippen molar-refractivity contribution in [3.63, 3.8) is 0 Å². The Morgan fingerprint density at radius 1 is 1.22 bits per heavy atom. The Labute approximate surface area is 211 Å². The first-order chi connectivity index (χ1) is 17.2. The van der Waals surface area contributed by atoms with Crippen molar-refractivity contribution in [3.05, 3.63) is 34.4 Å². The van der Waals surface area contributed by atoms with E-state index >= 15 is 4.39 Å². The maximum Gasteiger partial charge on any atom is 0.417 e. The molecule has 2 aliphatic heterocycles. The van der Waals surface area contributed by atoms with Crippen molar-refractivity contribution in [3.8, 4) is 17.1 Å². The highest BCUT2D eigenvalue weighted by Crippen LogP contribution is 2.46. The van der Waals surface area contributed by atoms with Gasteiger partial charge < -0.3 is 25.8 Å². The monoisotopic (exact) mass is 530 g/mol. The highest BCUT2D eigenvalue weighted by atomic mass is 19.4. The van der Waals surface area contributed by atoms with Gasteiger partial charge in [-0.2, -0.15) is 13.2 Å². The normalized spacial score (nSPS) is 21.0. The van der Waals surface area contributed by atoms with Crippen molar-refractivity contribution in [2.24, 2.45) is 0 Å². The molecule has 1 aromatic carbocycles. The fourth-order valence-electron chi connectivity index (χ4n) is 4.86. The number of halogens is 5. The summed E-state index contributed by atoms with van der Waals surface area (Å²) in [6.07, 6.45) is -5.49. The molecule has 4 rings (SSSR count). The number of β-amino-alcohol motifs (C(OH)–C–C–N with tert-alkyl or cyclic N) is 1. The molecule has 13 heteroatoms. The molecule has 8 nitrogen and oxygen atoms in total. The van der Waals surface area contributed by atoms with E-state index in [9.17, 15) is 22.7 Å². The van der Waals surface area contributed by atoms with Gasteiger partial charge in [0.1, 0.15) is 17.6 Å². The average molecular weight is 531 g/mol. The summed E-state index contributed by atoms with van der Waals surface area (Å²) in [7, 11) is 1.81. The molecule has 0 aliphatic carbocycles. The van der Waals surface area contributed by atoms with Gasteiger partial charge in [-0.3, -0.25) is 5.43 Å². The summed E-state index contributed by atoms with van der Waals surface area (Å²) in [6, 6.07) is 0.754. The van der Waals surface area contributed by atoms with Crippen molar-refractivity contribution in [2.75, 3.05) is 50.4 Å². The van der Waals surface area contributed by atoms with Gasteiger partial charge in [0, 0.05) is 51.9 Å². The summed E-state index contributed by atoms with van der Waals surface area (Å²) in [4.78, 5) is 5.78. The fourth-order valence-corrected chi connectivity index (χ4v) is 4.86. The molecule has 2 aliphatic rings. The Hall–Kier alpha value is -2.74. The average Bonchev–Trinajstić information content (AvgIpc) is 2.78. The van der Waals surface area contributed by atoms with Crippen LogP contribution in [0.1, 0.15) is 30.5 Å². The Balaban J connectivity index is 1.99. The Morgan fingerprint density at radius 2 is 1.89 bits per heavy atom. The number of hydrogen-bond acceptors (Lipinski definition) is 8. The molecular formula is C24H31F5N6O2. The van der Waals surface area contributed by atoms with E-state index in [1.54, 1.807) is 18.9 Å². The quantitative estimate of drug-likeness (QED) is 0.348. The highest BCUT2D eigenvalue weighted by molar-refractivity contribution is 5.77. The molecule has 2 aromatic rings. The molecule has 5 N–H and O–H groups in total. The van der Waals surface area contributed by atoms with E-state index in [0.29, 0.717) is 25.2 Å². The molecule has 1 fully saturated rings. The number of hydrazine groups is 1. The predicted molar refractivity (Wildman–Crippen MR) is 129 cm³/mol. The second kappa shape index (κ2) is 9.86. The van der Waals surface area contributed by atoms with Gasteiger partial charge in [-0.05, 0) is 32.4 Å². The number of ether oxygens (including phenoxy) is 1. The van der Waals surface area contributed by atoms with E-state index in [1.807, 2.05) is 7.05 Å². The van der Waals surface area contributed by atoms with E-state index in [-0.39, 0.29) is 31.2 Å². The van der Waals surface area contributed by atoms with Gasteiger partial charge >= 0.3 is 6.18 Å². The zero-order valence-electron chi connectivity index (χ0n) is 21.1. The molecule has 0 radical (unpaired) electrons. The molecule has 1 atom stereocenters. The molecular weight excluding hydrogens is 499 g/mol. The first kappa shape index (κ1) is 27.3. The number of alkyl halides is 3. The number of nitrogens with one attached hydrogen (secondary N) is 2. The van der Waals surface area contributed by atoms with Gasteiger partial charge in [0.05, 0.1) is 28.1 Å². The van der Waals surface area contributed by atoms with Crippen molar-refractivity contribution >= 4 is 11.4 Å². The van der Waals surface area contributed by atoms with Crippen LogP contribution in [0.2, 0.25) is 0 Å². The first-order valence-electron chi connectivity index (χ1n) is 11.9. The summed E-state index contributed by atoms with van der Waals surface area (Å²) in [5.41, 5.74) is 4.03. The second-order valence-corrected chi connectivity index (χ2v) is 9.98. The largest absolute Gasteiger partial charge is 0.473 e. The number of likely N-dealkylation sites (N-methyl/N-ethyl adjacent to an activating group) is 1. The third-order valence-corrected chi connectivity index (χ3v) is 6.45. The molecule has 0 amide bonds. The zero-order valence-corrected chi connectivity index (χ0v) is 21.1. The van der Waals surface area contributed by atoms with Gasteiger partial charge in [0.15, 0.2) is 5.82 Å². The number of aliphatic hydroxyl groups is 1. The maximum absolute atomic E-state index is 16.3. The van der Waals surface area contributed by atoms with Crippen molar-refractivity contribution in [2.45, 2.75) is 45.2 Å². The highest BCUT2D eigenvalue weighted by Gasteiger charge is 2.43. The number of fused-ring (bicyclic) bond motifs is 1. The van der Waals surface area contributed by atoms with Crippen LogP contribution in [0.3, 0.4) is 0 Å². The number of anilines is 2. The molecule has 3 heterocycles. The van der Waals surface area contributed by atoms with Crippen LogP contribution >= 0.6 is 0 Å². The van der Waals surface area contributed by atoms with Gasteiger partial charge in [-0.1, -0.05) is 0 Å². The summed E-state index contributed by atoms with van der Waals surface area (Å²) >= 11 is 0. The molecule has 204 valence electrons. The molecule has 0 saturated carbocycles. The third-order valence-electron chi connectivity index (χ3n) is 6.45. The van der Waals surface area contributed by atoms with E-state index in [4.69, 9.17) is 10.5 Å². The van der Waals surface area contributed by atoms with Crippen LogP contribution in [0.15, 0.2) is 6.07 Å². The Bertz CT molecular complexity index is 1180. The van der Waals surface area contributed by atoms with Crippen molar-refractivity contribution in [1.29, 1.82) is 0 Å². The summed E-state index contributed by atoms with van der Waals surface area (Å²) in [5, 5.41) is 15.3. The number of nitrogens with zero attached hydrogens (tertiary/aromatic N) is 3. The van der Waals surface area contributed by atoms with E-state index in [0.717, 1.165) is 13.0 Å². The second-order valence-electron chi connectivity index (χ2n) is 9.98. The first-order valence-corrected chi connectivity index (χ1v) is 11.9. The van der Waals surface area contributed by atoms with Crippen LogP contribution in [-0.4, -0.2) is 66.6 Å². The van der Waals surface area contributed by atoms with E-state index in [1.165, 1.54) is 4.90 Å². The summed E-state index contributed by atoms with van der Waals surface area (Å²) < 4.78 is 79.1. The zero-order chi connectivity index (χ0) is 27.3. The minimum absolute atomic E-state index is 0.0274. The maximum atomic E-state index is 16.3. The number of pyridine rings is 1. The van der Waals surface area contributed by atoms with E-state index < -0.39 is 57.6 Å².